The van der Waals surface area contributed by atoms with Crippen molar-refractivity contribution in [1.29, 1.82) is 0 Å². The number of alkyl carbamates (subject to hydrolysis) is 2. The third-order valence-corrected chi connectivity index (χ3v) is 7.56. The van der Waals surface area contributed by atoms with Crippen LogP contribution in [0.2, 0.25) is 0 Å². The zero-order chi connectivity index (χ0) is 39.9. The van der Waals surface area contributed by atoms with Crippen molar-refractivity contribution >= 4 is 30.5 Å². The molecule has 0 saturated carbocycles. The Kier molecular flexibility index (Phi) is 18.8. The van der Waals surface area contributed by atoms with E-state index in [0.717, 1.165) is 38.6 Å². The molecular formula is C36H65N3O13. The highest BCUT2D eigenvalue weighted by atomic mass is 16.6. The van der Waals surface area contributed by atoms with Gasteiger partial charge >= 0.3 is 24.2 Å². The minimum absolute atomic E-state index is 0.0963. The quantitative estimate of drug-likeness (QED) is 0.173. The van der Waals surface area contributed by atoms with Crippen molar-refractivity contribution in [2.75, 3.05) is 26.4 Å². The summed E-state index contributed by atoms with van der Waals surface area (Å²) in [4.78, 5) is 58.3. The first kappa shape index (κ1) is 46.8. The van der Waals surface area contributed by atoms with Gasteiger partial charge in [0.1, 0.15) is 34.9 Å². The van der Waals surface area contributed by atoms with E-state index in [2.05, 4.69) is 10.6 Å². The third-order valence-electron chi connectivity index (χ3n) is 7.56. The molecule has 4 N–H and O–H groups in total. The molecule has 0 aromatic rings. The molecule has 3 heterocycles. The number of rotatable bonds is 10. The van der Waals surface area contributed by atoms with Crippen LogP contribution >= 0.6 is 0 Å². The summed E-state index contributed by atoms with van der Waals surface area (Å²) in [6, 6.07) is -1.51. The van der Waals surface area contributed by atoms with Crippen LogP contribution in [0.15, 0.2) is 0 Å². The number of nitrogens with zero attached hydrogens (tertiary/aromatic N) is 1. The lowest BCUT2D eigenvalue weighted by molar-refractivity contribution is -0.140. The lowest BCUT2D eigenvalue weighted by atomic mass is 10.1. The summed E-state index contributed by atoms with van der Waals surface area (Å²) in [6.45, 7) is 21.3. The highest BCUT2D eigenvalue weighted by Crippen LogP contribution is 2.30. The van der Waals surface area contributed by atoms with Crippen LogP contribution < -0.4 is 10.6 Å². The van der Waals surface area contributed by atoms with Gasteiger partial charge in [0.15, 0.2) is 0 Å². The Balaban J connectivity index is 0.000000390. The monoisotopic (exact) mass is 747 g/mol. The number of hydrogen-bond donors (Lipinski definition) is 4. The number of aliphatic hydroxyl groups is 1. The minimum atomic E-state index is -1.07. The van der Waals surface area contributed by atoms with Crippen LogP contribution in [-0.4, -0.2) is 125 Å². The molecule has 0 aliphatic carbocycles. The van der Waals surface area contributed by atoms with E-state index in [1.807, 2.05) is 20.8 Å². The average Bonchev–Trinajstić information content (AvgIpc) is 3.73. The molecule has 0 bridgehead atoms. The van der Waals surface area contributed by atoms with Crippen LogP contribution in [0.1, 0.15) is 121 Å². The molecule has 2 unspecified atom stereocenters. The molecule has 302 valence electrons. The van der Waals surface area contributed by atoms with Gasteiger partial charge in [-0.15, -0.1) is 0 Å². The number of nitrogens with one attached hydrogen (secondary N) is 2. The standard InChI is InChI=1S/C12H21NO5.C12H21NO4.C12H23NO4/c1-12(2,3)18-11(16)13-9(10(14)15)7-8-5-4-6-17-8;1-11(2,3)17-10(15)13-9(6-7-14)8-16-12(13,4)5;1-12(2,3)17-11(15)13-9(8-14)7-10-5-4-6-16-10/h8-9H,4-7H2,1-3H3,(H,13,16)(H,14,15);7,9H,6,8H2,1-5H3;9-10,14H,4-8H2,1-3H3,(H,13,15)/t8?,9-;9-;9-,10?/m000/s1. The number of carbonyl (C=O) groups is 5. The van der Waals surface area contributed by atoms with Gasteiger partial charge in [0.25, 0.3) is 0 Å². The molecule has 0 radical (unpaired) electrons. The molecule has 3 fully saturated rings. The highest BCUT2D eigenvalue weighted by molar-refractivity contribution is 5.80. The fourth-order valence-corrected chi connectivity index (χ4v) is 5.41. The van der Waals surface area contributed by atoms with Gasteiger partial charge in [-0.25, -0.2) is 19.2 Å². The number of carboxylic acids is 1. The van der Waals surface area contributed by atoms with Crippen molar-refractivity contribution in [2.24, 2.45) is 0 Å². The Labute approximate surface area is 308 Å². The Morgan fingerprint density at radius 1 is 0.827 bits per heavy atom. The first-order valence-electron chi connectivity index (χ1n) is 18.0. The number of amides is 3. The van der Waals surface area contributed by atoms with E-state index in [1.54, 1.807) is 55.4 Å². The second-order valence-electron chi connectivity index (χ2n) is 16.5. The molecule has 16 heteroatoms. The third kappa shape index (κ3) is 19.6. The average molecular weight is 748 g/mol. The lowest BCUT2D eigenvalue weighted by Crippen LogP contribution is -2.49. The van der Waals surface area contributed by atoms with Gasteiger partial charge in [-0.3, -0.25) is 4.90 Å². The molecule has 3 aliphatic rings. The summed E-state index contributed by atoms with van der Waals surface area (Å²) < 4.78 is 31.8. The van der Waals surface area contributed by atoms with Gasteiger partial charge in [0, 0.05) is 26.1 Å². The zero-order valence-electron chi connectivity index (χ0n) is 33.1. The van der Waals surface area contributed by atoms with Gasteiger partial charge in [0.2, 0.25) is 0 Å². The van der Waals surface area contributed by atoms with E-state index in [-0.39, 0.29) is 43.7 Å². The summed E-state index contributed by atoms with van der Waals surface area (Å²) in [5, 5.41) is 23.3. The fourth-order valence-electron chi connectivity index (χ4n) is 5.41. The van der Waals surface area contributed by atoms with Gasteiger partial charge in [-0.05, 0) is 108 Å². The molecule has 3 aliphatic heterocycles. The predicted molar refractivity (Wildman–Crippen MR) is 191 cm³/mol. The van der Waals surface area contributed by atoms with Crippen LogP contribution in [0.4, 0.5) is 14.4 Å². The second kappa shape index (κ2) is 20.9. The number of carboxylic acid groups (broad SMARTS) is 1. The second-order valence-corrected chi connectivity index (χ2v) is 16.5. The van der Waals surface area contributed by atoms with E-state index in [1.165, 1.54) is 4.90 Å². The maximum Gasteiger partial charge on any atom is 0.412 e. The van der Waals surface area contributed by atoms with E-state index in [0.29, 0.717) is 19.6 Å². The summed E-state index contributed by atoms with van der Waals surface area (Å²) in [5.74, 6) is -1.07. The molecule has 52 heavy (non-hydrogen) atoms. The van der Waals surface area contributed by atoms with Crippen LogP contribution in [0.3, 0.4) is 0 Å². The van der Waals surface area contributed by atoms with Crippen molar-refractivity contribution in [3.05, 3.63) is 0 Å². The molecule has 16 nitrogen and oxygen atoms in total. The van der Waals surface area contributed by atoms with E-state index in [9.17, 15) is 29.1 Å². The summed E-state index contributed by atoms with van der Waals surface area (Å²) in [6.07, 6.45) is 4.18. The number of hydrogen-bond acceptors (Lipinski definition) is 12. The Hall–Kier alpha value is -3.21. The lowest BCUT2D eigenvalue weighted by Gasteiger charge is -2.34. The summed E-state index contributed by atoms with van der Waals surface area (Å²) in [7, 11) is 0. The maximum absolute atomic E-state index is 12.1. The maximum atomic E-state index is 12.1. The largest absolute Gasteiger partial charge is 0.480 e. The Morgan fingerprint density at radius 3 is 1.71 bits per heavy atom. The van der Waals surface area contributed by atoms with Crippen molar-refractivity contribution in [3.8, 4) is 0 Å². The van der Waals surface area contributed by atoms with Gasteiger partial charge in [-0.1, -0.05) is 0 Å². The molecule has 0 aromatic carbocycles. The minimum Gasteiger partial charge on any atom is -0.480 e. The van der Waals surface area contributed by atoms with E-state index in [4.69, 9.17) is 33.5 Å². The fraction of sp³-hybridized carbons (Fsp3) is 0.861. The van der Waals surface area contributed by atoms with Crippen molar-refractivity contribution < 1.29 is 62.6 Å². The smallest absolute Gasteiger partial charge is 0.412 e. The van der Waals surface area contributed by atoms with Gasteiger partial charge in [0.05, 0.1) is 37.5 Å². The van der Waals surface area contributed by atoms with Crippen LogP contribution in [0, 0.1) is 0 Å². The van der Waals surface area contributed by atoms with Crippen LogP contribution in [-0.2, 0) is 38.0 Å². The Morgan fingerprint density at radius 2 is 1.31 bits per heavy atom. The number of aliphatic carboxylic acids is 1. The van der Waals surface area contributed by atoms with Gasteiger partial charge in [-0.2, -0.15) is 0 Å². The first-order valence-corrected chi connectivity index (χ1v) is 18.0. The Bertz CT molecular complexity index is 1130. The molecule has 0 spiro atoms. The molecule has 0 aromatic heterocycles. The number of aliphatic hydroxyl groups excluding tert-OH is 1. The van der Waals surface area contributed by atoms with Crippen LogP contribution in [0.5, 0.6) is 0 Å². The number of aldehydes is 1. The van der Waals surface area contributed by atoms with E-state index < -0.39 is 52.8 Å². The first-order chi connectivity index (χ1) is 23.9. The van der Waals surface area contributed by atoms with Crippen molar-refractivity contribution in [3.63, 3.8) is 0 Å². The molecule has 5 atom stereocenters. The summed E-state index contributed by atoms with van der Waals surface area (Å²) >= 11 is 0. The molecule has 3 rings (SSSR count). The molecular weight excluding hydrogens is 682 g/mol. The SMILES string of the molecule is CC(C)(C)OC(=O)N1[C@@H](CC=O)COC1(C)C.CC(C)(C)OC(=O)N[C@@H](CC1CCCO1)C(=O)O.CC(C)(C)OC(=O)N[C@H](CO)CC1CCCO1. The van der Waals surface area contributed by atoms with Crippen LogP contribution in [0.25, 0.3) is 0 Å². The number of carbonyl (C=O) groups excluding carboxylic acids is 4. The normalized spacial score (nSPS) is 22.4. The van der Waals surface area contributed by atoms with Crippen molar-refractivity contribution in [1.82, 2.24) is 15.5 Å². The number of ether oxygens (including phenoxy) is 6. The summed E-state index contributed by atoms with van der Waals surface area (Å²) in [5.41, 5.74) is -2.44. The highest BCUT2D eigenvalue weighted by Gasteiger charge is 2.45. The molecule has 3 amide bonds. The topological polar surface area (TPSA) is 208 Å². The predicted octanol–water partition coefficient (Wildman–Crippen LogP) is 4.92. The van der Waals surface area contributed by atoms with E-state index >= 15 is 0 Å². The molecule has 3 saturated heterocycles. The van der Waals surface area contributed by atoms with Gasteiger partial charge < -0.3 is 54.1 Å². The van der Waals surface area contributed by atoms with Crippen molar-refractivity contribution in [2.45, 2.75) is 174 Å². The zero-order valence-corrected chi connectivity index (χ0v) is 33.1.